The molecule has 0 saturated carbocycles. The lowest BCUT2D eigenvalue weighted by Crippen LogP contribution is -2.48. The van der Waals surface area contributed by atoms with E-state index in [0.717, 1.165) is 19.1 Å². The van der Waals surface area contributed by atoms with Gasteiger partial charge in [0.05, 0.1) is 12.9 Å². The zero-order valence-corrected chi connectivity index (χ0v) is 18.0. The van der Waals surface area contributed by atoms with E-state index < -0.39 is 15.9 Å². The van der Waals surface area contributed by atoms with Gasteiger partial charge < -0.3 is 4.74 Å². The van der Waals surface area contributed by atoms with Crippen LogP contribution in [-0.2, 0) is 14.8 Å². The summed E-state index contributed by atoms with van der Waals surface area (Å²) in [5, 5.41) is 0. The first-order valence-electron chi connectivity index (χ1n) is 10.1. The van der Waals surface area contributed by atoms with E-state index in [0.29, 0.717) is 43.9 Å². The van der Waals surface area contributed by atoms with Gasteiger partial charge in [-0.15, -0.1) is 0 Å². The minimum Gasteiger partial charge on any atom is -0.494 e. The van der Waals surface area contributed by atoms with Gasteiger partial charge in [-0.1, -0.05) is 26.2 Å². The molecule has 0 radical (unpaired) electrons. The summed E-state index contributed by atoms with van der Waals surface area (Å²) in [6, 6.07) is 6.76. The molecule has 0 spiro atoms. The monoisotopic (exact) mass is 425 g/mol. The lowest BCUT2D eigenvalue weighted by atomic mass is 9.98. The number of carbonyl (C=O) groups excluding carboxylic acids is 2. The van der Waals surface area contributed by atoms with Gasteiger partial charge in [0.1, 0.15) is 5.75 Å². The molecule has 0 aliphatic carbocycles. The van der Waals surface area contributed by atoms with Crippen molar-refractivity contribution in [3.63, 3.8) is 0 Å². The van der Waals surface area contributed by atoms with Gasteiger partial charge >= 0.3 is 0 Å². The van der Waals surface area contributed by atoms with Crippen LogP contribution in [0, 0.1) is 5.92 Å². The van der Waals surface area contributed by atoms with Gasteiger partial charge in [0.25, 0.3) is 5.91 Å². The number of nitrogens with zero attached hydrogens (tertiary/aromatic N) is 1. The highest BCUT2D eigenvalue weighted by atomic mass is 32.2. The van der Waals surface area contributed by atoms with E-state index in [2.05, 4.69) is 17.8 Å². The van der Waals surface area contributed by atoms with Crippen LogP contribution in [0.15, 0.2) is 24.3 Å². The largest absolute Gasteiger partial charge is 0.494 e. The topological polar surface area (TPSA) is 105 Å². The Hall–Kier alpha value is -2.13. The van der Waals surface area contributed by atoms with Gasteiger partial charge in [-0.05, 0) is 43.5 Å². The summed E-state index contributed by atoms with van der Waals surface area (Å²) in [4.78, 5) is 24.4. The molecule has 1 aliphatic heterocycles. The summed E-state index contributed by atoms with van der Waals surface area (Å²) in [5.41, 5.74) is 5.26. The second-order valence-corrected chi connectivity index (χ2v) is 9.30. The fraction of sp³-hybridized carbons (Fsp3) is 0.600. The van der Waals surface area contributed by atoms with Crippen molar-refractivity contribution >= 4 is 21.8 Å². The summed E-state index contributed by atoms with van der Waals surface area (Å²) >= 11 is 0. The molecular weight excluding hydrogens is 394 g/mol. The Bertz CT molecular complexity index is 772. The van der Waals surface area contributed by atoms with Crippen LogP contribution in [0.2, 0.25) is 0 Å². The molecule has 29 heavy (non-hydrogen) atoms. The van der Waals surface area contributed by atoms with Crippen LogP contribution in [0.5, 0.6) is 5.75 Å². The van der Waals surface area contributed by atoms with Crippen molar-refractivity contribution in [2.75, 3.05) is 26.0 Å². The number of amides is 2. The molecule has 0 bridgehead atoms. The van der Waals surface area contributed by atoms with Crippen molar-refractivity contribution < 1.29 is 22.7 Å². The van der Waals surface area contributed by atoms with Crippen molar-refractivity contribution in [1.29, 1.82) is 0 Å². The van der Waals surface area contributed by atoms with Crippen molar-refractivity contribution in [2.45, 2.75) is 45.4 Å². The van der Waals surface area contributed by atoms with Crippen molar-refractivity contribution in [1.82, 2.24) is 15.2 Å². The van der Waals surface area contributed by atoms with E-state index >= 15 is 0 Å². The average Bonchev–Trinajstić information content (AvgIpc) is 2.71. The van der Waals surface area contributed by atoms with Crippen LogP contribution >= 0.6 is 0 Å². The molecule has 162 valence electrons. The molecule has 9 heteroatoms. The molecule has 1 saturated heterocycles. The Morgan fingerprint density at radius 2 is 1.72 bits per heavy atom. The zero-order chi connectivity index (χ0) is 21.3. The standard InChI is InChI=1S/C20H31N3O5S/c1-3-4-5-6-15-28-18-9-7-16(8-10-18)19(24)21-22-20(25)17-11-13-23(14-12-17)29(2,26)27/h7-10,17H,3-6,11-15H2,1-2H3,(H,21,24)(H,22,25). The molecule has 0 atom stereocenters. The molecule has 1 heterocycles. The van der Waals surface area contributed by atoms with Gasteiger partial charge in [-0.25, -0.2) is 12.7 Å². The number of hydrazine groups is 1. The highest BCUT2D eigenvalue weighted by Crippen LogP contribution is 2.19. The molecule has 2 amide bonds. The van der Waals surface area contributed by atoms with E-state index in [1.165, 1.54) is 17.1 Å². The van der Waals surface area contributed by atoms with Crippen LogP contribution in [0.25, 0.3) is 0 Å². The highest BCUT2D eigenvalue weighted by molar-refractivity contribution is 7.88. The maximum Gasteiger partial charge on any atom is 0.269 e. The molecular formula is C20H31N3O5S. The number of carbonyl (C=O) groups is 2. The lowest BCUT2D eigenvalue weighted by molar-refractivity contribution is -0.126. The predicted octanol–water partition coefficient (Wildman–Crippen LogP) is 2.08. The number of hydrogen-bond donors (Lipinski definition) is 2. The summed E-state index contributed by atoms with van der Waals surface area (Å²) < 4.78 is 30.0. The lowest BCUT2D eigenvalue weighted by Gasteiger charge is -2.29. The van der Waals surface area contributed by atoms with Crippen LogP contribution in [0.4, 0.5) is 0 Å². The molecule has 1 aromatic rings. The van der Waals surface area contributed by atoms with E-state index in [-0.39, 0.29) is 11.8 Å². The Morgan fingerprint density at radius 1 is 1.07 bits per heavy atom. The van der Waals surface area contributed by atoms with E-state index in [9.17, 15) is 18.0 Å². The first kappa shape index (κ1) is 23.2. The maximum absolute atomic E-state index is 12.2. The Labute approximate surface area is 173 Å². The third kappa shape index (κ3) is 7.66. The minimum absolute atomic E-state index is 0.307. The smallest absolute Gasteiger partial charge is 0.269 e. The minimum atomic E-state index is -3.23. The Kier molecular flexibility index (Phi) is 8.91. The molecule has 1 aromatic carbocycles. The second kappa shape index (κ2) is 11.2. The van der Waals surface area contributed by atoms with E-state index in [4.69, 9.17) is 4.74 Å². The third-order valence-corrected chi connectivity index (χ3v) is 6.28. The first-order valence-corrected chi connectivity index (χ1v) is 11.9. The van der Waals surface area contributed by atoms with E-state index in [1.54, 1.807) is 24.3 Å². The van der Waals surface area contributed by atoms with Gasteiger partial charge in [0.2, 0.25) is 15.9 Å². The molecule has 2 N–H and O–H groups in total. The molecule has 0 unspecified atom stereocenters. The maximum atomic E-state index is 12.2. The second-order valence-electron chi connectivity index (χ2n) is 7.31. The number of nitrogens with one attached hydrogen (secondary N) is 2. The van der Waals surface area contributed by atoms with Crippen LogP contribution in [0.3, 0.4) is 0 Å². The van der Waals surface area contributed by atoms with Gasteiger partial charge in [-0.2, -0.15) is 0 Å². The number of ether oxygens (including phenoxy) is 1. The SMILES string of the molecule is CCCCCCOc1ccc(C(=O)NNC(=O)C2CCN(S(C)(=O)=O)CC2)cc1. The summed E-state index contributed by atoms with van der Waals surface area (Å²) in [5.74, 6) is -0.337. The Morgan fingerprint density at radius 3 is 2.31 bits per heavy atom. The molecule has 2 rings (SSSR count). The average molecular weight is 426 g/mol. The predicted molar refractivity (Wildman–Crippen MR) is 111 cm³/mol. The van der Waals surface area contributed by atoms with E-state index in [1.807, 2.05) is 0 Å². The molecule has 0 aromatic heterocycles. The number of rotatable bonds is 9. The van der Waals surface area contributed by atoms with Crippen molar-refractivity contribution in [3.05, 3.63) is 29.8 Å². The molecule has 1 fully saturated rings. The third-order valence-electron chi connectivity index (χ3n) is 4.98. The fourth-order valence-electron chi connectivity index (χ4n) is 3.16. The quantitative estimate of drug-likeness (QED) is 0.466. The highest BCUT2D eigenvalue weighted by Gasteiger charge is 2.29. The van der Waals surface area contributed by atoms with Crippen molar-refractivity contribution in [3.8, 4) is 5.75 Å². The fourth-order valence-corrected chi connectivity index (χ4v) is 4.04. The van der Waals surface area contributed by atoms with Crippen molar-refractivity contribution in [2.24, 2.45) is 5.92 Å². The number of benzene rings is 1. The molecule has 1 aliphatic rings. The zero-order valence-electron chi connectivity index (χ0n) is 17.1. The number of hydrogen-bond acceptors (Lipinski definition) is 5. The normalized spacial score (nSPS) is 15.7. The summed E-state index contributed by atoms with van der Waals surface area (Å²) in [6.07, 6.45) is 6.55. The summed E-state index contributed by atoms with van der Waals surface area (Å²) in [6.45, 7) is 3.43. The molecule has 8 nitrogen and oxygen atoms in total. The van der Waals surface area contributed by atoms with Gasteiger partial charge in [-0.3, -0.25) is 20.4 Å². The number of sulfonamides is 1. The van der Waals surface area contributed by atoms with Gasteiger partial charge in [0.15, 0.2) is 0 Å². The Balaban J connectivity index is 1.72. The first-order chi connectivity index (χ1) is 13.8. The number of unbranched alkanes of at least 4 members (excludes halogenated alkanes) is 3. The number of piperidine rings is 1. The van der Waals surface area contributed by atoms with Gasteiger partial charge in [0, 0.05) is 24.6 Å². The van der Waals surface area contributed by atoms with Crippen LogP contribution in [0.1, 0.15) is 55.8 Å². The van der Waals surface area contributed by atoms with Crippen LogP contribution < -0.4 is 15.6 Å². The summed E-state index contributed by atoms with van der Waals surface area (Å²) in [7, 11) is -3.23. The van der Waals surface area contributed by atoms with Crippen LogP contribution in [-0.4, -0.2) is 50.5 Å².